The minimum atomic E-state index is 0. The van der Waals surface area contributed by atoms with Crippen molar-refractivity contribution in [2.45, 2.75) is 18.5 Å². The minimum Gasteiger partial charge on any atom is -0.299 e. The van der Waals surface area contributed by atoms with Gasteiger partial charge in [-0.3, -0.25) is 5.32 Å². The van der Waals surface area contributed by atoms with Crippen LogP contribution in [0.5, 0.6) is 0 Å². The Kier molecular flexibility index (Phi) is 2.46. The van der Waals surface area contributed by atoms with Gasteiger partial charge < -0.3 is 0 Å². The van der Waals surface area contributed by atoms with Gasteiger partial charge in [-0.2, -0.15) is 0 Å². The van der Waals surface area contributed by atoms with Crippen LogP contribution in [0.15, 0.2) is 48.5 Å². The Bertz CT molecular complexity index is 553. The summed E-state index contributed by atoms with van der Waals surface area (Å²) in [7, 11) is 0. The predicted molar refractivity (Wildman–Crippen MR) is 71.6 cm³/mol. The Labute approximate surface area is 107 Å². The summed E-state index contributed by atoms with van der Waals surface area (Å²) in [6, 6.07) is 18.6. The zero-order valence-corrected chi connectivity index (χ0v) is 10.2. The van der Waals surface area contributed by atoms with Crippen molar-refractivity contribution in [1.82, 2.24) is 5.32 Å². The normalized spacial score (nSPS) is 23.5. The van der Waals surface area contributed by atoms with Gasteiger partial charge in [0.1, 0.15) is 0 Å². The van der Waals surface area contributed by atoms with Gasteiger partial charge in [-0.1, -0.05) is 48.5 Å². The fourth-order valence-corrected chi connectivity index (χ4v) is 3.12. The van der Waals surface area contributed by atoms with E-state index in [4.69, 9.17) is 0 Å². The maximum Gasteiger partial charge on any atom is 0.0587 e. The molecule has 2 aliphatic heterocycles. The summed E-state index contributed by atoms with van der Waals surface area (Å²) >= 11 is 0. The first-order chi connectivity index (χ1) is 7.93. The maximum atomic E-state index is 3.71. The van der Waals surface area contributed by atoms with Crippen molar-refractivity contribution in [2.24, 2.45) is 0 Å². The lowest BCUT2D eigenvalue weighted by Crippen LogP contribution is -2.26. The Morgan fingerprint density at radius 2 is 1.47 bits per heavy atom. The highest BCUT2D eigenvalue weighted by Crippen LogP contribution is 2.43. The van der Waals surface area contributed by atoms with E-state index in [9.17, 15) is 0 Å². The number of hydrogen-bond acceptors (Lipinski definition) is 1. The van der Waals surface area contributed by atoms with Crippen LogP contribution in [0, 0.1) is 0 Å². The molecule has 0 saturated heterocycles. The summed E-state index contributed by atoms with van der Waals surface area (Å²) in [5, 5.41) is 3.71. The Hall–Kier alpha value is -1.31. The quantitative estimate of drug-likeness (QED) is 0.748. The zero-order chi connectivity index (χ0) is 10.5. The van der Waals surface area contributed by atoms with Gasteiger partial charge in [0.2, 0.25) is 0 Å². The molecule has 2 aromatic carbocycles. The second-order valence-corrected chi connectivity index (χ2v) is 4.68. The SMILES string of the molecule is Cl.c1ccc2c(c1)CC1NC2c2ccccc21. The average molecular weight is 244 g/mol. The first-order valence-corrected chi connectivity index (χ1v) is 5.86. The van der Waals surface area contributed by atoms with Crippen LogP contribution in [0.2, 0.25) is 0 Å². The Morgan fingerprint density at radius 3 is 2.29 bits per heavy atom. The number of benzene rings is 2. The average Bonchev–Trinajstić information content (AvgIpc) is 2.65. The van der Waals surface area contributed by atoms with Crippen molar-refractivity contribution >= 4 is 12.4 Å². The number of hydrogen-bond donors (Lipinski definition) is 1. The maximum absolute atomic E-state index is 3.71. The van der Waals surface area contributed by atoms with Crippen LogP contribution in [0.3, 0.4) is 0 Å². The van der Waals surface area contributed by atoms with E-state index in [2.05, 4.69) is 53.8 Å². The number of nitrogens with one attached hydrogen (secondary N) is 1. The zero-order valence-electron chi connectivity index (χ0n) is 9.39. The van der Waals surface area contributed by atoms with Crippen LogP contribution in [0.1, 0.15) is 34.3 Å². The van der Waals surface area contributed by atoms with Gasteiger partial charge in [0.15, 0.2) is 0 Å². The summed E-state index contributed by atoms with van der Waals surface area (Å²) in [6.07, 6.45) is 1.13. The van der Waals surface area contributed by atoms with E-state index >= 15 is 0 Å². The van der Waals surface area contributed by atoms with Gasteiger partial charge in [0.05, 0.1) is 6.04 Å². The van der Waals surface area contributed by atoms with Crippen LogP contribution in [-0.4, -0.2) is 0 Å². The minimum absolute atomic E-state index is 0. The summed E-state index contributed by atoms with van der Waals surface area (Å²) < 4.78 is 0. The Balaban J connectivity index is 0.000000902. The number of fused-ring (bicyclic) bond motifs is 7. The van der Waals surface area contributed by atoms with Gasteiger partial charge in [-0.15, -0.1) is 12.4 Å². The molecule has 86 valence electrons. The summed E-state index contributed by atoms with van der Waals surface area (Å²) in [6.45, 7) is 0. The molecular weight excluding hydrogens is 230 g/mol. The summed E-state index contributed by atoms with van der Waals surface area (Å²) in [5.74, 6) is 0. The van der Waals surface area contributed by atoms with Crippen molar-refractivity contribution in [3.63, 3.8) is 0 Å². The van der Waals surface area contributed by atoms with E-state index in [1.54, 1.807) is 0 Å². The van der Waals surface area contributed by atoms with Crippen LogP contribution in [0.25, 0.3) is 0 Å². The molecule has 2 atom stereocenters. The lowest BCUT2D eigenvalue weighted by atomic mass is 9.94. The van der Waals surface area contributed by atoms with Crippen LogP contribution >= 0.6 is 12.4 Å². The molecule has 0 aliphatic carbocycles. The van der Waals surface area contributed by atoms with Gasteiger partial charge in [-0.05, 0) is 28.7 Å². The lowest BCUT2D eigenvalue weighted by Gasteiger charge is -2.24. The van der Waals surface area contributed by atoms with E-state index in [-0.39, 0.29) is 12.4 Å². The molecule has 0 fully saturated rings. The van der Waals surface area contributed by atoms with Gasteiger partial charge >= 0.3 is 0 Å². The first kappa shape index (κ1) is 10.8. The van der Waals surface area contributed by atoms with E-state index in [0.717, 1.165) is 6.42 Å². The molecule has 2 bridgehead atoms. The van der Waals surface area contributed by atoms with Gasteiger partial charge in [-0.25, -0.2) is 0 Å². The highest BCUT2D eigenvalue weighted by atomic mass is 35.5. The molecule has 2 aliphatic rings. The highest BCUT2D eigenvalue weighted by molar-refractivity contribution is 5.85. The second-order valence-electron chi connectivity index (χ2n) is 4.68. The molecule has 1 nitrogen and oxygen atoms in total. The largest absolute Gasteiger partial charge is 0.299 e. The fraction of sp³-hybridized carbons (Fsp3) is 0.200. The van der Waals surface area contributed by atoms with Crippen molar-refractivity contribution in [3.05, 3.63) is 70.8 Å². The first-order valence-electron chi connectivity index (χ1n) is 5.86. The molecule has 2 heterocycles. The Morgan fingerprint density at radius 1 is 0.824 bits per heavy atom. The molecule has 0 spiro atoms. The fourth-order valence-electron chi connectivity index (χ4n) is 3.12. The highest BCUT2D eigenvalue weighted by Gasteiger charge is 2.36. The summed E-state index contributed by atoms with van der Waals surface area (Å²) in [4.78, 5) is 0. The lowest BCUT2D eigenvalue weighted by molar-refractivity contribution is 0.502. The van der Waals surface area contributed by atoms with E-state index in [1.807, 2.05) is 0 Å². The molecule has 4 rings (SSSR count). The smallest absolute Gasteiger partial charge is 0.0587 e. The number of halogens is 1. The van der Waals surface area contributed by atoms with Crippen LogP contribution in [-0.2, 0) is 6.42 Å². The predicted octanol–water partition coefficient (Wildman–Crippen LogP) is 3.40. The van der Waals surface area contributed by atoms with Crippen LogP contribution in [0.4, 0.5) is 0 Å². The van der Waals surface area contributed by atoms with E-state index in [0.29, 0.717) is 12.1 Å². The molecule has 2 heteroatoms. The molecule has 0 amide bonds. The monoisotopic (exact) mass is 243 g/mol. The summed E-state index contributed by atoms with van der Waals surface area (Å²) in [5.41, 5.74) is 5.93. The molecule has 2 aromatic rings. The van der Waals surface area contributed by atoms with Crippen molar-refractivity contribution in [2.75, 3.05) is 0 Å². The third kappa shape index (κ3) is 1.43. The molecular formula is C15H14ClN. The molecule has 1 N–H and O–H groups in total. The second kappa shape index (κ2) is 3.86. The number of rotatable bonds is 0. The van der Waals surface area contributed by atoms with Gasteiger partial charge in [0.25, 0.3) is 0 Å². The van der Waals surface area contributed by atoms with Crippen molar-refractivity contribution in [1.29, 1.82) is 0 Å². The molecule has 17 heavy (non-hydrogen) atoms. The van der Waals surface area contributed by atoms with Gasteiger partial charge in [0, 0.05) is 6.04 Å². The molecule has 0 aromatic heterocycles. The van der Waals surface area contributed by atoms with Crippen molar-refractivity contribution < 1.29 is 0 Å². The standard InChI is InChI=1S/C15H13N.ClH/c1-2-6-11-10(5-1)9-14-12-7-3-4-8-13(12)15(11)16-14;/h1-8,14-16H,9H2;1H. The van der Waals surface area contributed by atoms with E-state index in [1.165, 1.54) is 22.3 Å². The molecule has 2 unspecified atom stereocenters. The van der Waals surface area contributed by atoms with E-state index < -0.39 is 0 Å². The van der Waals surface area contributed by atoms with Crippen molar-refractivity contribution in [3.8, 4) is 0 Å². The van der Waals surface area contributed by atoms with Crippen LogP contribution < -0.4 is 5.32 Å². The third-order valence-corrected chi connectivity index (χ3v) is 3.84. The topological polar surface area (TPSA) is 12.0 Å². The third-order valence-electron chi connectivity index (χ3n) is 3.84. The molecule has 0 saturated carbocycles. The molecule has 0 radical (unpaired) electrons.